The quantitative estimate of drug-likeness (QED) is 0.0450. The van der Waals surface area contributed by atoms with Gasteiger partial charge in [0.2, 0.25) is 17.7 Å². The molecular weight excluding hydrogens is 1010 g/mol. The Morgan fingerprint density at radius 2 is 1.66 bits per heavy atom. The van der Waals surface area contributed by atoms with Crippen molar-refractivity contribution in [1.82, 2.24) is 45.6 Å². The number of aliphatic hydroxyl groups is 1. The standard InChI is InChI=1S/C57H64F4N10O5S/c1-32(35-12-16-37(17-13-35)50-33(2)63-31-77-50)65-53(74)47-26-40(72)28-70(47)55(76)51(56(3,4)5)67-49(73)11-9-7-8-10-20-62-27-34-21-43-44(45(22-34)57(59,60)61)29-71(54(43)75)48-24-38(23-46(66-48)36-14-15-36)41-19-18-39(58)25-42(41)52-68-64-30-69(52)6/h12-13,16-19,21-25,30-32,36,40,47,51,62,72H,7-11,14-15,20,26-29H2,1-6H3,(H,65,74)(H,67,73)/t32-,40+,47-,51+/m0/s1. The number of hydrogen-bond acceptors (Lipinski definition) is 11. The van der Waals surface area contributed by atoms with E-state index >= 15 is 0 Å². The van der Waals surface area contributed by atoms with Gasteiger partial charge in [0, 0.05) is 55.7 Å². The van der Waals surface area contributed by atoms with Crippen LogP contribution in [-0.2, 0) is 40.7 Å². The summed E-state index contributed by atoms with van der Waals surface area (Å²) in [6.45, 7) is 9.51. The van der Waals surface area contributed by atoms with E-state index in [-0.39, 0.29) is 67.3 Å². The zero-order valence-corrected chi connectivity index (χ0v) is 44.8. The molecule has 0 spiro atoms. The van der Waals surface area contributed by atoms with Gasteiger partial charge in [0.15, 0.2) is 5.82 Å². The molecule has 4 N–H and O–H groups in total. The molecule has 3 aromatic carbocycles. The van der Waals surface area contributed by atoms with E-state index in [0.717, 1.165) is 47.0 Å². The molecule has 406 valence electrons. The number of nitrogens with zero attached hydrogens (tertiary/aromatic N) is 7. The predicted octanol–water partition coefficient (Wildman–Crippen LogP) is 9.58. The van der Waals surface area contributed by atoms with E-state index in [2.05, 4.69) is 31.1 Å². The maximum Gasteiger partial charge on any atom is 0.416 e. The van der Waals surface area contributed by atoms with Gasteiger partial charge < -0.3 is 30.5 Å². The Hall–Kier alpha value is -6.90. The second kappa shape index (κ2) is 22.6. The topological polar surface area (TPSA) is 188 Å². The number of pyridine rings is 1. The first-order valence-electron chi connectivity index (χ1n) is 26.1. The number of aryl methyl sites for hydroxylation is 2. The summed E-state index contributed by atoms with van der Waals surface area (Å²) in [5, 5.41) is 28.0. The molecule has 0 unspecified atom stereocenters. The molecule has 2 aliphatic heterocycles. The van der Waals surface area contributed by atoms with E-state index in [1.54, 1.807) is 40.6 Å². The van der Waals surface area contributed by atoms with Crippen LogP contribution in [0.1, 0.15) is 135 Å². The van der Waals surface area contributed by atoms with Gasteiger partial charge in [-0.05, 0) is 121 Å². The SMILES string of the molecule is Cc1ncsc1-c1ccc([C@H](C)NC(=O)[C@@H]2C[C@@H](O)CN2C(=O)[C@@H](NC(=O)CCCCCCNCc2cc3c(c(C(F)(F)F)c2)CN(c2cc(-c4ccc(F)cc4-c4nncn4C)cc(C4CC4)n2)C3=O)C(C)(C)C)cc1. The Kier molecular flexibility index (Phi) is 16.1. The summed E-state index contributed by atoms with van der Waals surface area (Å²) in [5.74, 6) is -1.49. The normalized spacial score (nSPS) is 17.4. The molecule has 2 fully saturated rings. The van der Waals surface area contributed by atoms with Gasteiger partial charge >= 0.3 is 6.18 Å². The van der Waals surface area contributed by atoms with Crippen LogP contribution in [0.5, 0.6) is 0 Å². The highest BCUT2D eigenvalue weighted by atomic mass is 32.1. The number of aromatic nitrogens is 5. The Labute approximate surface area is 448 Å². The lowest BCUT2D eigenvalue weighted by Crippen LogP contribution is -2.57. The van der Waals surface area contributed by atoms with Crippen LogP contribution >= 0.6 is 11.3 Å². The van der Waals surface area contributed by atoms with Crippen LogP contribution in [0.2, 0.25) is 0 Å². The van der Waals surface area contributed by atoms with Crippen LogP contribution < -0.4 is 20.9 Å². The monoisotopic (exact) mass is 1080 g/mol. The molecule has 4 atom stereocenters. The smallest absolute Gasteiger partial charge is 0.391 e. The average Bonchev–Trinajstić information content (AvgIpc) is 3.63. The number of thiazole rings is 1. The molecule has 1 saturated carbocycles. The minimum atomic E-state index is -4.73. The third-order valence-electron chi connectivity index (χ3n) is 14.7. The lowest BCUT2D eigenvalue weighted by Gasteiger charge is -2.35. The van der Waals surface area contributed by atoms with Gasteiger partial charge in [0.1, 0.15) is 30.0 Å². The fourth-order valence-corrected chi connectivity index (χ4v) is 11.1. The Bertz CT molecular complexity index is 3170. The molecule has 3 aromatic heterocycles. The van der Waals surface area contributed by atoms with Crippen LogP contribution in [0.3, 0.4) is 0 Å². The second-order valence-corrected chi connectivity index (χ2v) is 22.5. The highest BCUT2D eigenvalue weighted by Gasteiger charge is 2.45. The molecule has 1 saturated heterocycles. The summed E-state index contributed by atoms with van der Waals surface area (Å²) < 4.78 is 60.6. The maximum absolute atomic E-state index is 14.8. The summed E-state index contributed by atoms with van der Waals surface area (Å²) in [4.78, 5) is 68.3. The van der Waals surface area contributed by atoms with Gasteiger partial charge in [-0.25, -0.2) is 14.4 Å². The van der Waals surface area contributed by atoms with Crippen molar-refractivity contribution in [2.24, 2.45) is 12.5 Å². The Morgan fingerprint density at radius 1 is 0.909 bits per heavy atom. The van der Waals surface area contributed by atoms with Crippen molar-refractivity contribution < 1.29 is 41.8 Å². The van der Waals surface area contributed by atoms with E-state index < -0.39 is 58.9 Å². The third-order valence-corrected chi connectivity index (χ3v) is 15.6. The van der Waals surface area contributed by atoms with Crippen molar-refractivity contribution in [3.05, 3.63) is 124 Å². The van der Waals surface area contributed by atoms with Gasteiger partial charge in [-0.1, -0.05) is 63.9 Å². The Morgan fingerprint density at radius 3 is 2.34 bits per heavy atom. The minimum Gasteiger partial charge on any atom is -0.391 e. The molecule has 0 bridgehead atoms. The summed E-state index contributed by atoms with van der Waals surface area (Å²) in [6, 6.07) is 16.0. The van der Waals surface area contributed by atoms with Crippen LogP contribution in [0, 0.1) is 18.2 Å². The predicted molar refractivity (Wildman–Crippen MR) is 285 cm³/mol. The highest BCUT2D eigenvalue weighted by molar-refractivity contribution is 7.13. The zero-order chi connectivity index (χ0) is 54.9. The first-order chi connectivity index (χ1) is 36.6. The summed E-state index contributed by atoms with van der Waals surface area (Å²) in [7, 11) is 1.74. The fourth-order valence-electron chi connectivity index (χ4n) is 10.3. The molecule has 3 aliphatic rings. The lowest BCUT2D eigenvalue weighted by molar-refractivity contribution is -0.144. The molecule has 15 nitrogen and oxygen atoms in total. The number of likely N-dealkylation sites (tertiary alicyclic amines) is 1. The number of halogens is 4. The second-order valence-electron chi connectivity index (χ2n) is 21.6. The average molecular weight is 1080 g/mol. The van der Waals surface area contributed by atoms with Crippen LogP contribution in [0.25, 0.3) is 33.0 Å². The van der Waals surface area contributed by atoms with Crippen molar-refractivity contribution in [2.75, 3.05) is 18.0 Å². The van der Waals surface area contributed by atoms with Gasteiger partial charge in [0.05, 0.1) is 40.3 Å². The number of nitrogens with one attached hydrogen (secondary N) is 3. The van der Waals surface area contributed by atoms with Crippen molar-refractivity contribution in [3.63, 3.8) is 0 Å². The number of β-amino-alcohol motifs (C(OH)–C–C–N with tert-alkyl or cyclic N) is 1. The summed E-state index contributed by atoms with van der Waals surface area (Å²) in [5.41, 5.74) is 5.58. The number of aliphatic hydroxyl groups excluding tert-OH is 1. The van der Waals surface area contributed by atoms with Crippen molar-refractivity contribution in [1.29, 1.82) is 0 Å². The number of fused-ring (bicyclic) bond motifs is 1. The molecule has 20 heteroatoms. The lowest BCUT2D eigenvalue weighted by atomic mass is 9.85. The van der Waals surface area contributed by atoms with Gasteiger partial charge in [-0.3, -0.25) is 24.1 Å². The number of benzene rings is 3. The first kappa shape index (κ1) is 54.9. The maximum atomic E-state index is 14.8. The summed E-state index contributed by atoms with van der Waals surface area (Å²) >= 11 is 1.56. The van der Waals surface area contributed by atoms with E-state index in [1.807, 2.05) is 65.0 Å². The third kappa shape index (κ3) is 12.4. The first-order valence-corrected chi connectivity index (χ1v) is 27.0. The van der Waals surface area contributed by atoms with E-state index in [4.69, 9.17) is 4.98 Å². The van der Waals surface area contributed by atoms with E-state index in [9.17, 15) is 41.8 Å². The Balaban J connectivity index is 0.765. The number of unbranched alkanes of at least 4 members (excludes halogenated alkanes) is 3. The highest BCUT2D eigenvalue weighted by Crippen LogP contribution is 2.45. The number of carbonyl (C=O) groups is 4. The molecule has 6 aromatic rings. The minimum absolute atomic E-state index is 0.0405. The van der Waals surface area contributed by atoms with E-state index in [1.165, 1.54) is 34.3 Å². The van der Waals surface area contributed by atoms with Gasteiger partial charge in [0.25, 0.3) is 5.91 Å². The number of hydrogen-bond donors (Lipinski definition) is 4. The number of amides is 4. The molecule has 1 aliphatic carbocycles. The molecular formula is C57H64F4N10O5S. The number of rotatable bonds is 19. The molecule has 4 amide bonds. The molecule has 5 heterocycles. The molecule has 0 radical (unpaired) electrons. The van der Waals surface area contributed by atoms with Crippen LogP contribution in [0.15, 0.2) is 78.6 Å². The summed E-state index contributed by atoms with van der Waals surface area (Å²) in [6.07, 6.45) is 0.423. The van der Waals surface area contributed by atoms with Crippen molar-refractivity contribution in [3.8, 4) is 33.0 Å². The van der Waals surface area contributed by atoms with Gasteiger partial charge in [-0.15, -0.1) is 21.5 Å². The van der Waals surface area contributed by atoms with Crippen LogP contribution in [0.4, 0.5) is 23.4 Å². The van der Waals surface area contributed by atoms with Gasteiger partial charge in [-0.2, -0.15) is 13.2 Å². The zero-order valence-electron chi connectivity index (χ0n) is 44.0. The number of carbonyl (C=O) groups excluding carboxylic acids is 4. The fraction of sp³-hybridized carbons (Fsp3) is 0.439. The van der Waals surface area contributed by atoms with Crippen molar-refractivity contribution >= 4 is 40.8 Å². The van der Waals surface area contributed by atoms with E-state index in [0.29, 0.717) is 59.6 Å². The molecule has 9 rings (SSSR count). The number of anilines is 1. The van der Waals surface area contributed by atoms with Crippen LogP contribution in [-0.4, -0.2) is 89.6 Å². The molecule has 77 heavy (non-hydrogen) atoms. The number of alkyl halides is 3. The largest absolute Gasteiger partial charge is 0.416 e. The van der Waals surface area contributed by atoms with Crippen molar-refractivity contribution in [2.45, 2.75) is 135 Å².